The number of hydrogen-bond donors (Lipinski definition) is 0. The van der Waals surface area contributed by atoms with Gasteiger partial charge in [-0.1, -0.05) is 18.2 Å². The van der Waals surface area contributed by atoms with E-state index >= 15 is 0 Å². The standard InChI is InChI=1S/C18H17ClF4N2O3S/c1-9-10(2)25(17(27)24(3)16(9)18(21,22)23)14-6-15(12(19)5-13(14)20)29-11(7-26)8-28-4/h5-7,11H,2,8H2,1,3-4H3. The summed E-state index contributed by atoms with van der Waals surface area (Å²) in [5.74, 6) is -0.931. The molecule has 1 aliphatic heterocycles. The number of carbonyl (C=O) groups excluding carboxylic acids is 2. The molecule has 0 aliphatic carbocycles. The fraction of sp³-hybridized carbons (Fsp3) is 0.333. The zero-order valence-electron chi connectivity index (χ0n) is 15.6. The molecule has 1 atom stereocenters. The number of ether oxygens (including phenoxy) is 1. The van der Waals surface area contributed by atoms with Crippen LogP contribution in [0.15, 0.2) is 40.6 Å². The zero-order valence-corrected chi connectivity index (χ0v) is 17.2. The molecular formula is C18H17ClF4N2O3S. The first-order valence-electron chi connectivity index (χ1n) is 8.09. The number of methoxy groups -OCH3 is 1. The van der Waals surface area contributed by atoms with Gasteiger partial charge >= 0.3 is 12.2 Å². The molecule has 1 unspecified atom stereocenters. The normalized spacial score (nSPS) is 16.6. The van der Waals surface area contributed by atoms with Crippen LogP contribution < -0.4 is 4.90 Å². The topological polar surface area (TPSA) is 49.9 Å². The average Bonchev–Trinajstić information content (AvgIpc) is 2.62. The van der Waals surface area contributed by atoms with Gasteiger partial charge in [0, 0.05) is 30.3 Å². The minimum Gasteiger partial charge on any atom is -0.383 e. The molecule has 29 heavy (non-hydrogen) atoms. The van der Waals surface area contributed by atoms with Crippen LogP contribution in [0.2, 0.25) is 5.02 Å². The number of halogens is 5. The maximum Gasteiger partial charge on any atom is 0.431 e. The predicted molar refractivity (Wildman–Crippen MR) is 103 cm³/mol. The summed E-state index contributed by atoms with van der Waals surface area (Å²) in [6.07, 6.45) is -4.17. The fourth-order valence-electron chi connectivity index (χ4n) is 2.78. The van der Waals surface area contributed by atoms with Gasteiger partial charge in [0.25, 0.3) is 0 Å². The van der Waals surface area contributed by atoms with Gasteiger partial charge in [0.1, 0.15) is 17.8 Å². The molecule has 0 bridgehead atoms. The summed E-state index contributed by atoms with van der Waals surface area (Å²) in [5, 5.41) is -0.678. The molecule has 11 heteroatoms. The molecule has 0 spiro atoms. The van der Waals surface area contributed by atoms with E-state index in [0.29, 0.717) is 11.2 Å². The lowest BCUT2D eigenvalue weighted by atomic mass is 10.1. The van der Waals surface area contributed by atoms with Crippen molar-refractivity contribution in [2.45, 2.75) is 23.2 Å². The van der Waals surface area contributed by atoms with Crippen molar-refractivity contribution in [3.8, 4) is 0 Å². The maximum atomic E-state index is 14.6. The van der Waals surface area contributed by atoms with E-state index < -0.39 is 29.0 Å². The van der Waals surface area contributed by atoms with E-state index in [1.165, 1.54) is 13.2 Å². The second kappa shape index (κ2) is 8.76. The molecule has 0 fully saturated rings. The van der Waals surface area contributed by atoms with Crippen LogP contribution in [-0.4, -0.2) is 49.4 Å². The molecule has 2 rings (SSSR count). The van der Waals surface area contributed by atoms with Gasteiger partial charge in [-0.2, -0.15) is 13.2 Å². The van der Waals surface area contributed by atoms with Gasteiger partial charge in [0.15, 0.2) is 0 Å². The van der Waals surface area contributed by atoms with E-state index in [-0.39, 0.29) is 33.5 Å². The minimum atomic E-state index is -4.79. The van der Waals surface area contributed by atoms with E-state index in [1.807, 2.05) is 0 Å². The zero-order chi connectivity index (χ0) is 22.1. The van der Waals surface area contributed by atoms with E-state index in [2.05, 4.69) is 6.58 Å². The highest BCUT2D eigenvalue weighted by Gasteiger charge is 2.46. The van der Waals surface area contributed by atoms with Gasteiger partial charge in [0.05, 0.1) is 22.6 Å². The van der Waals surface area contributed by atoms with Crippen LogP contribution in [0.1, 0.15) is 6.92 Å². The SMILES string of the molecule is C=C1C(C)=C(C(F)(F)F)N(C)C(=O)N1c1cc(SC(C=O)COC)c(Cl)cc1F. The molecular weight excluding hydrogens is 436 g/mol. The molecule has 1 aromatic rings. The number of thioether (sulfide) groups is 1. The fourth-order valence-corrected chi connectivity index (χ4v) is 4.00. The van der Waals surface area contributed by atoms with Gasteiger partial charge < -0.3 is 9.53 Å². The van der Waals surface area contributed by atoms with E-state index in [9.17, 15) is 27.2 Å². The Morgan fingerprint density at radius 3 is 2.52 bits per heavy atom. The molecule has 0 radical (unpaired) electrons. The Balaban J connectivity index is 2.55. The Morgan fingerprint density at radius 2 is 2.00 bits per heavy atom. The van der Waals surface area contributed by atoms with Crippen molar-refractivity contribution >= 4 is 41.4 Å². The van der Waals surface area contributed by atoms with E-state index in [0.717, 1.165) is 36.7 Å². The molecule has 0 saturated heterocycles. The van der Waals surface area contributed by atoms with Gasteiger partial charge in [-0.3, -0.25) is 9.80 Å². The number of allylic oxidation sites excluding steroid dienone is 2. The third kappa shape index (κ3) is 4.59. The Morgan fingerprint density at radius 1 is 1.38 bits per heavy atom. The van der Waals surface area contributed by atoms with Gasteiger partial charge in [0.2, 0.25) is 0 Å². The average molecular weight is 453 g/mol. The monoisotopic (exact) mass is 452 g/mol. The number of hydrogen-bond acceptors (Lipinski definition) is 4. The first-order valence-corrected chi connectivity index (χ1v) is 9.34. The quantitative estimate of drug-likeness (QED) is 0.346. The molecule has 2 amide bonds. The molecule has 0 saturated carbocycles. The molecule has 5 nitrogen and oxygen atoms in total. The summed E-state index contributed by atoms with van der Waals surface area (Å²) in [4.78, 5) is 25.2. The number of benzene rings is 1. The highest BCUT2D eigenvalue weighted by molar-refractivity contribution is 8.00. The highest BCUT2D eigenvalue weighted by atomic mass is 35.5. The Labute approximate surface area is 173 Å². The third-order valence-corrected chi connectivity index (χ3v) is 5.71. The summed E-state index contributed by atoms with van der Waals surface area (Å²) in [6, 6.07) is 0.985. The highest BCUT2D eigenvalue weighted by Crippen LogP contribution is 2.42. The van der Waals surface area contributed by atoms with Gasteiger partial charge in [-0.25, -0.2) is 9.18 Å². The largest absolute Gasteiger partial charge is 0.431 e. The summed E-state index contributed by atoms with van der Waals surface area (Å²) < 4.78 is 59.5. The minimum absolute atomic E-state index is 0.0223. The van der Waals surface area contributed by atoms with Crippen LogP contribution in [0, 0.1) is 5.82 Å². The molecule has 0 aromatic heterocycles. The van der Waals surface area contributed by atoms with Crippen LogP contribution in [0.25, 0.3) is 0 Å². The number of rotatable bonds is 6. The molecule has 1 heterocycles. The molecule has 1 aromatic carbocycles. The third-order valence-electron chi connectivity index (χ3n) is 4.14. The molecule has 0 N–H and O–H groups in total. The van der Waals surface area contributed by atoms with Crippen molar-refractivity contribution in [2.75, 3.05) is 25.7 Å². The van der Waals surface area contributed by atoms with Crippen molar-refractivity contribution in [1.82, 2.24) is 4.90 Å². The summed E-state index contributed by atoms with van der Waals surface area (Å²) >= 11 is 7.01. The number of urea groups is 1. The number of nitrogens with zero attached hydrogens (tertiary/aromatic N) is 2. The lowest BCUT2D eigenvalue weighted by Crippen LogP contribution is -2.48. The van der Waals surface area contributed by atoms with E-state index in [4.69, 9.17) is 16.3 Å². The van der Waals surface area contributed by atoms with Crippen molar-refractivity contribution in [1.29, 1.82) is 0 Å². The van der Waals surface area contributed by atoms with Gasteiger partial charge in [-0.15, -0.1) is 11.8 Å². The van der Waals surface area contributed by atoms with Crippen LogP contribution in [0.4, 0.5) is 28.0 Å². The summed E-state index contributed by atoms with van der Waals surface area (Å²) in [5.41, 5.74) is -2.15. The number of amides is 2. The maximum absolute atomic E-state index is 14.6. The van der Waals surface area contributed by atoms with Crippen molar-refractivity contribution < 1.29 is 31.9 Å². The number of anilines is 1. The van der Waals surface area contributed by atoms with Crippen LogP contribution in [0.5, 0.6) is 0 Å². The van der Waals surface area contributed by atoms with Crippen molar-refractivity contribution in [3.63, 3.8) is 0 Å². The first kappa shape index (κ1) is 23.2. The van der Waals surface area contributed by atoms with Crippen LogP contribution in [0.3, 0.4) is 0 Å². The lowest BCUT2D eigenvalue weighted by Gasteiger charge is -2.38. The summed E-state index contributed by atoms with van der Waals surface area (Å²) in [6.45, 7) is 4.75. The Bertz CT molecular complexity index is 889. The van der Waals surface area contributed by atoms with Crippen LogP contribution >= 0.6 is 23.4 Å². The molecule has 1 aliphatic rings. The number of carbonyl (C=O) groups is 2. The van der Waals surface area contributed by atoms with Crippen molar-refractivity contribution in [3.05, 3.63) is 46.5 Å². The second-order valence-corrected chi connectivity index (χ2v) is 7.77. The van der Waals surface area contributed by atoms with E-state index in [1.54, 1.807) is 0 Å². The molecule has 158 valence electrons. The Hall–Kier alpha value is -2.04. The van der Waals surface area contributed by atoms with Gasteiger partial charge in [-0.05, 0) is 19.1 Å². The number of aldehydes is 1. The van der Waals surface area contributed by atoms with Crippen molar-refractivity contribution in [2.24, 2.45) is 0 Å². The van der Waals surface area contributed by atoms with Crippen LogP contribution in [-0.2, 0) is 9.53 Å². The first-order chi connectivity index (χ1) is 13.4. The Kier molecular flexibility index (Phi) is 7.02. The smallest absolute Gasteiger partial charge is 0.383 e. The predicted octanol–water partition coefficient (Wildman–Crippen LogP) is 5.01. The summed E-state index contributed by atoms with van der Waals surface area (Å²) in [7, 11) is 2.34. The number of alkyl halides is 3. The lowest BCUT2D eigenvalue weighted by molar-refractivity contribution is -0.108. The second-order valence-electron chi connectivity index (χ2n) is 6.08.